The van der Waals surface area contributed by atoms with Crippen LogP contribution >= 0.6 is 11.8 Å². The number of carboxylic acid groups (broad SMARTS) is 1. The lowest BCUT2D eigenvalue weighted by molar-refractivity contribution is 0.0696. The van der Waals surface area contributed by atoms with Crippen molar-refractivity contribution in [3.8, 4) is 5.75 Å². The number of aromatic nitrogens is 1. The molecular weight excluding hydrogens is 380 g/mol. The van der Waals surface area contributed by atoms with Crippen molar-refractivity contribution in [3.05, 3.63) is 47.7 Å². The fourth-order valence-electron chi connectivity index (χ4n) is 2.64. The lowest BCUT2D eigenvalue weighted by atomic mass is 10.1. The molecule has 9 heteroatoms. The van der Waals surface area contributed by atoms with Crippen molar-refractivity contribution < 1.29 is 19.4 Å². The molecule has 0 saturated carbocycles. The number of nitrogens with two attached hydrogens (primary N) is 1. The quantitative estimate of drug-likeness (QED) is 0.610. The molecule has 1 amide bonds. The number of carboxylic acids is 1. The number of rotatable bonds is 7. The molecule has 0 aliphatic carbocycles. The monoisotopic (exact) mass is 400 g/mol. The van der Waals surface area contributed by atoms with Gasteiger partial charge in [-0.2, -0.15) is 0 Å². The molecule has 0 spiro atoms. The zero-order valence-electron chi connectivity index (χ0n) is 15.2. The molecule has 2 unspecified atom stereocenters. The van der Waals surface area contributed by atoms with E-state index in [1.54, 1.807) is 23.9 Å². The minimum absolute atomic E-state index is 0.0396. The Morgan fingerprint density at radius 1 is 1.29 bits per heavy atom. The number of nitrogen functional groups attached to an aromatic ring is 1. The molecule has 2 heterocycles. The maximum atomic E-state index is 12.5. The molecule has 1 aromatic carbocycles. The molecule has 3 rings (SSSR count). The molecule has 4 N–H and O–H groups in total. The summed E-state index contributed by atoms with van der Waals surface area (Å²) in [5.41, 5.74) is 8.54. The number of carbonyl (C=O) groups excluding carboxylic acids is 1. The van der Waals surface area contributed by atoms with Gasteiger partial charge in [0, 0.05) is 28.8 Å². The molecular formula is C19H20N4O4S. The summed E-state index contributed by atoms with van der Waals surface area (Å²) in [6, 6.07) is 7.88. The summed E-state index contributed by atoms with van der Waals surface area (Å²) in [7, 11) is 0. The van der Waals surface area contributed by atoms with E-state index < -0.39 is 11.9 Å². The Balaban J connectivity index is 1.61. The third kappa shape index (κ3) is 5.01. The predicted molar refractivity (Wildman–Crippen MR) is 109 cm³/mol. The van der Waals surface area contributed by atoms with Crippen LogP contribution < -0.4 is 15.8 Å². The second-order valence-corrected chi connectivity index (χ2v) is 7.38. The molecule has 8 nitrogen and oxygen atoms in total. The van der Waals surface area contributed by atoms with Gasteiger partial charge in [-0.1, -0.05) is 0 Å². The van der Waals surface area contributed by atoms with Gasteiger partial charge in [0.1, 0.15) is 11.6 Å². The molecule has 146 valence electrons. The lowest BCUT2D eigenvalue weighted by Crippen LogP contribution is -2.17. The van der Waals surface area contributed by atoms with Gasteiger partial charge < -0.3 is 20.9 Å². The molecule has 1 aromatic heterocycles. The highest BCUT2D eigenvalue weighted by molar-refractivity contribution is 8.12. The predicted octanol–water partition coefficient (Wildman–Crippen LogP) is 2.92. The Kier molecular flexibility index (Phi) is 6.15. The van der Waals surface area contributed by atoms with Crippen molar-refractivity contribution in [1.82, 2.24) is 4.98 Å². The second kappa shape index (κ2) is 8.75. The summed E-state index contributed by atoms with van der Waals surface area (Å²) in [5.74, 6) is -0.746. The normalized spacial score (nSPS) is 18.0. The van der Waals surface area contributed by atoms with Crippen molar-refractivity contribution in [2.24, 2.45) is 4.99 Å². The zero-order chi connectivity index (χ0) is 20.1. The third-order valence-corrected chi connectivity index (χ3v) is 5.41. The van der Waals surface area contributed by atoms with Crippen LogP contribution in [0.3, 0.4) is 0 Å². The van der Waals surface area contributed by atoms with Crippen LogP contribution in [0.15, 0.2) is 41.5 Å². The van der Waals surface area contributed by atoms with Crippen molar-refractivity contribution in [1.29, 1.82) is 0 Å². The number of anilines is 2. The van der Waals surface area contributed by atoms with Gasteiger partial charge in [-0.3, -0.25) is 9.79 Å². The first-order valence-electron chi connectivity index (χ1n) is 8.63. The average Bonchev–Trinajstić information content (AvgIpc) is 3.06. The number of nitrogens with zero attached hydrogens (tertiary/aromatic N) is 2. The minimum Gasteiger partial charge on any atom is -0.493 e. The maximum absolute atomic E-state index is 12.5. The molecule has 0 radical (unpaired) electrons. The van der Waals surface area contributed by atoms with Crippen LogP contribution in [0.2, 0.25) is 0 Å². The first-order chi connectivity index (χ1) is 13.4. The number of nitrogens with one attached hydrogen (secondary N) is 1. The van der Waals surface area contributed by atoms with E-state index in [2.05, 4.69) is 22.2 Å². The highest BCUT2D eigenvalue weighted by Crippen LogP contribution is 2.25. The highest BCUT2D eigenvalue weighted by Gasteiger charge is 2.20. The Morgan fingerprint density at radius 2 is 2.11 bits per heavy atom. The van der Waals surface area contributed by atoms with Crippen molar-refractivity contribution in [2.45, 2.75) is 24.6 Å². The highest BCUT2D eigenvalue weighted by atomic mass is 32.2. The van der Waals surface area contributed by atoms with Crippen LogP contribution in [0.25, 0.3) is 0 Å². The average molecular weight is 400 g/mol. The van der Waals surface area contributed by atoms with Crippen LogP contribution in [-0.4, -0.2) is 45.4 Å². The summed E-state index contributed by atoms with van der Waals surface area (Å²) < 4.78 is 5.77. The number of carbonyl (C=O) groups is 2. The number of hydrogen-bond acceptors (Lipinski definition) is 7. The van der Waals surface area contributed by atoms with Crippen LogP contribution in [0.1, 0.15) is 34.1 Å². The minimum atomic E-state index is -1.08. The van der Waals surface area contributed by atoms with E-state index in [1.807, 2.05) is 5.55 Å². The first-order valence-corrected chi connectivity index (χ1v) is 9.58. The molecule has 1 aliphatic rings. The first kappa shape index (κ1) is 19.7. The summed E-state index contributed by atoms with van der Waals surface area (Å²) in [4.78, 5) is 31.6. The summed E-state index contributed by atoms with van der Waals surface area (Å²) in [5, 5.41) is 11.9. The van der Waals surface area contributed by atoms with E-state index in [0.29, 0.717) is 28.9 Å². The third-order valence-electron chi connectivity index (χ3n) is 4.18. The Labute approximate surface area is 166 Å². The van der Waals surface area contributed by atoms with Crippen LogP contribution in [-0.2, 0) is 0 Å². The molecule has 0 bridgehead atoms. The van der Waals surface area contributed by atoms with E-state index >= 15 is 0 Å². The number of amides is 1. The molecule has 1 aliphatic heterocycles. The van der Waals surface area contributed by atoms with Gasteiger partial charge in [0.05, 0.1) is 23.8 Å². The molecule has 0 fully saturated rings. The molecule has 2 aromatic rings. The van der Waals surface area contributed by atoms with Gasteiger partial charge in [-0.05, 0) is 37.6 Å². The fourth-order valence-corrected chi connectivity index (χ4v) is 3.59. The van der Waals surface area contributed by atoms with Crippen molar-refractivity contribution >= 4 is 40.7 Å². The van der Waals surface area contributed by atoms with Gasteiger partial charge in [-0.25, -0.2) is 9.78 Å². The zero-order valence-corrected chi connectivity index (χ0v) is 16.0. The number of ether oxygens (including phenoxy) is 1. The maximum Gasteiger partial charge on any atom is 0.337 e. The molecule has 28 heavy (non-hydrogen) atoms. The fraction of sp³-hybridized carbons (Fsp3) is 0.263. The Morgan fingerprint density at radius 3 is 2.75 bits per heavy atom. The van der Waals surface area contributed by atoms with Crippen LogP contribution in [0, 0.1) is 0 Å². The topological polar surface area (TPSA) is 127 Å². The van der Waals surface area contributed by atoms with Crippen molar-refractivity contribution in [2.75, 3.05) is 17.7 Å². The van der Waals surface area contributed by atoms with Gasteiger partial charge in [0.2, 0.25) is 0 Å². The second-order valence-electron chi connectivity index (χ2n) is 6.29. The number of aliphatic imine (C=N–C) groups is 1. The Bertz CT molecular complexity index is 901. The van der Waals surface area contributed by atoms with Gasteiger partial charge >= 0.3 is 5.97 Å². The SMILES string of the molecule is CC1N=CSC1CCOc1cc(N)cc(C(=O)Nc2ccc(C(=O)O)cn2)c1. The van der Waals surface area contributed by atoms with Crippen LogP contribution in [0.4, 0.5) is 11.5 Å². The summed E-state index contributed by atoms with van der Waals surface area (Å²) >= 11 is 1.70. The number of hydrogen-bond donors (Lipinski definition) is 3. The van der Waals surface area contributed by atoms with E-state index in [0.717, 1.165) is 6.42 Å². The van der Waals surface area contributed by atoms with Crippen molar-refractivity contribution in [3.63, 3.8) is 0 Å². The van der Waals surface area contributed by atoms with E-state index in [4.69, 9.17) is 15.6 Å². The standard InChI is InChI=1S/C19H20N4O4S/c1-11-16(28-10-22-11)4-5-27-15-7-13(6-14(20)8-15)18(24)23-17-3-2-12(9-21-17)19(25)26/h2-3,6-11,16H,4-5,20H2,1H3,(H,25,26)(H,21,23,24). The summed E-state index contributed by atoms with van der Waals surface area (Å²) in [6.45, 7) is 2.56. The number of aromatic carboxylic acids is 1. The van der Waals surface area contributed by atoms with E-state index in [9.17, 15) is 9.59 Å². The largest absolute Gasteiger partial charge is 0.493 e. The van der Waals surface area contributed by atoms with Crippen LogP contribution in [0.5, 0.6) is 5.75 Å². The van der Waals surface area contributed by atoms with Gasteiger partial charge in [0.15, 0.2) is 0 Å². The summed E-state index contributed by atoms with van der Waals surface area (Å²) in [6.07, 6.45) is 2.01. The molecule has 0 saturated heterocycles. The molecule has 2 atom stereocenters. The van der Waals surface area contributed by atoms with E-state index in [-0.39, 0.29) is 17.4 Å². The smallest absolute Gasteiger partial charge is 0.337 e. The number of thioether (sulfide) groups is 1. The number of benzene rings is 1. The van der Waals surface area contributed by atoms with E-state index in [1.165, 1.54) is 24.4 Å². The Hall–Kier alpha value is -3.07. The van der Waals surface area contributed by atoms with Gasteiger partial charge in [0.25, 0.3) is 5.91 Å². The van der Waals surface area contributed by atoms with Gasteiger partial charge in [-0.15, -0.1) is 11.8 Å². The number of pyridine rings is 1. The lowest BCUT2D eigenvalue weighted by Gasteiger charge is -2.14.